The van der Waals surface area contributed by atoms with E-state index in [1.54, 1.807) is 0 Å². The lowest BCUT2D eigenvalue weighted by Gasteiger charge is -2.38. The van der Waals surface area contributed by atoms with Gasteiger partial charge in [0.25, 0.3) is 0 Å². The van der Waals surface area contributed by atoms with Gasteiger partial charge in [0.05, 0.1) is 12.2 Å². The molecule has 8 nitrogen and oxygen atoms in total. The fraction of sp³-hybridized carbons (Fsp3) is 0.737. The van der Waals surface area contributed by atoms with Gasteiger partial charge in [-0.1, -0.05) is 5.16 Å². The Morgan fingerprint density at radius 3 is 2.22 bits per heavy atom. The van der Waals surface area contributed by atoms with E-state index in [0.717, 1.165) is 57.0 Å². The maximum absolute atomic E-state index is 12.6. The Morgan fingerprint density at radius 2 is 1.63 bits per heavy atom. The molecule has 0 unspecified atom stereocenters. The van der Waals surface area contributed by atoms with Crippen LogP contribution in [0.4, 0.5) is 0 Å². The third-order valence-corrected chi connectivity index (χ3v) is 5.76. The van der Waals surface area contributed by atoms with Gasteiger partial charge >= 0.3 is 0 Å². The summed E-state index contributed by atoms with van der Waals surface area (Å²) in [6.45, 7) is 9.55. The zero-order chi connectivity index (χ0) is 18.8. The number of aryl methyl sites for hydroxylation is 1. The molecule has 1 saturated carbocycles. The summed E-state index contributed by atoms with van der Waals surface area (Å²) in [6, 6.07) is 1.98. The standard InChI is InChI=1S/C19H29N5O3/c1-15-12-17(20-27-15)13-21-4-6-22(7-5-21)14-18(25)23-8-10-24(11-9-23)19(26)16-2-3-16/h12,16H,2-11,13-14H2,1H3. The first-order valence-corrected chi connectivity index (χ1v) is 10.0. The molecule has 2 amide bonds. The number of hydrogen-bond donors (Lipinski definition) is 0. The zero-order valence-electron chi connectivity index (χ0n) is 16.1. The maximum Gasteiger partial charge on any atom is 0.236 e. The Morgan fingerprint density at radius 1 is 1.00 bits per heavy atom. The first-order valence-electron chi connectivity index (χ1n) is 10.0. The Balaban J connectivity index is 1.17. The fourth-order valence-corrected chi connectivity index (χ4v) is 3.88. The van der Waals surface area contributed by atoms with Crippen molar-refractivity contribution >= 4 is 11.8 Å². The predicted octanol–water partition coefficient (Wildman–Crippen LogP) is 0.181. The van der Waals surface area contributed by atoms with Crippen LogP contribution < -0.4 is 0 Å². The molecule has 1 aromatic rings. The second-order valence-corrected chi connectivity index (χ2v) is 7.96. The Kier molecular flexibility index (Phi) is 5.45. The molecule has 1 aliphatic carbocycles. The molecule has 27 heavy (non-hydrogen) atoms. The van der Waals surface area contributed by atoms with Crippen molar-refractivity contribution in [3.05, 3.63) is 17.5 Å². The van der Waals surface area contributed by atoms with Gasteiger partial charge in [-0.05, 0) is 19.8 Å². The van der Waals surface area contributed by atoms with Crippen molar-refractivity contribution in [2.75, 3.05) is 58.9 Å². The summed E-state index contributed by atoms with van der Waals surface area (Å²) in [4.78, 5) is 33.2. The van der Waals surface area contributed by atoms with Crippen LogP contribution >= 0.6 is 0 Å². The van der Waals surface area contributed by atoms with Gasteiger partial charge in [-0.25, -0.2) is 0 Å². The highest BCUT2D eigenvalue weighted by atomic mass is 16.5. The van der Waals surface area contributed by atoms with Crippen LogP contribution in [0.2, 0.25) is 0 Å². The van der Waals surface area contributed by atoms with Crippen LogP contribution in [0.5, 0.6) is 0 Å². The minimum atomic E-state index is 0.189. The molecule has 0 spiro atoms. The lowest BCUT2D eigenvalue weighted by Crippen LogP contribution is -2.54. The molecule has 0 aromatic carbocycles. The summed E-state index contributed by atoms with van der Waals surface area (Å²) in [6.07, 6.45) is 2.08. The summed E-state index contributed by atoms with van der Waals surface area (Å²) in [5.74, 6) is 1.59. The lowest BCUT2D eigenvalue weighted by atomic mass is 10.2. The van der Waals surface area contributed by atoms with Crippen LogP contribution in [0.3, 0.4) is 0 Å². The molecule has 3 aliphatic rings. The van der Waals surface area contributed by atoms with E-state index < -0.39 is 0 Å². The third kappa shape index (κ3) is 4.68. The fourth-order valence-electron chi connectivity index (χ4n) is 3.88. The minimum Gasteiger partial charge on any atom is -0.361 e. The highest BCUT2D eigenvalue weighted by molar-refractivity contribution is 5.82. The van der Waals surface area contributed by atoms with Crippen molar-refractivity contribution in [1.82, 2.24) is 24.8 Å². The van der Waals surface area contributed by atoms with Gasteiger partial charge in [0.1, 0.15) is 5.76 Å². The van der Waals surface area contributed by atoms with Crippen molar-refractivity contribution in [3.8, 4) is 0 Å². The maximum atomic E-state index is 12.6. The van der Waals surface area contributed by atoms with E-state index in [9.17, 15) is 9.59 Å². The molecule has 148 valence electrons. The van der Waals surface area contributed by atoms with Gasteiger partial charge < -0.3 is 14.3 Å². The third-order valence-electron chi connectivity index (χ3n) is 5.76. The highest BCUT2D eigenvalue weighted by Gasteiger charge is 2.35. The Hall–Kier alpha value is -1.93. The molecule has 1 aromatic heterocycles. The lowest BCUT2D eigenvalue weighted by molar-refractivity contribution is -0.141. The van der Waals surface area contributed by atoms with Crippen LogP contribution in [-0.2, 0) is 16.1 Å². The smallest absolute Gasteiger partial charge is 0.236 e. The molecular weight excluding hydrogens is 346 g/mol. The highest BCUT2D eigenvalue weighted by Crippen LogP contribution is 2.31. The van der Waals surface area contributed by atoms with Crippen LogP contribution in [0, 0.1) is 12.8 Å². The summed E-state index contributed by atoms with van der Waals surface area (Å²) < 4.78 is 5.12. The van der Waals surface area contributed by atoms with Crippen molar-refractivity contribution in [3.63, 3.8) is 0 Å². The molecule has 3 heterocycles. The quantitative estimate of drug-likeness (QED) is 0.731. The number of carbonyl (C=O) groups excluding carboxylic acids is 2. The van der Waals surface area contributed by atoms with Gasteiger partial charge in [0.2, 0.25) is 11.8 Å². The van der Waals surface area contributed by atoms with Crippen LogP contribution in [0.25, 0.3) is 0 Å². The van der Waals surface area contributed by atoms with Crippen molar-refractivity contribution in [2.45, 2.75) is 26.3 Å². The number of piperazine rings is 2. The summed E-state index contributed by atoms with van der Waals surface area (Å²) in [5.41, 5.74) is 0.968. The SMILES string of the molecule is Cc1cc(CN2CCN(CC(=O)N3CCN(C(=O)C4CC4)CC3)CC2)no1. The number of nitrogens with zero attached hydrogens (tertiary/aromatic N) is 5. The average Bonchev–Trinajstić information content (AvgIpc) is 3.45. The Labute approximate surface area is 160 Å². The zero-order valence-corrected chi connectivity index (χ0v) is 16.1. The van der Waals surface area contributed by atoms with E-state index >= 15 is 0 Å². The molecule has 2 saturated heterocycles. The molecule has 0 bridgehead atoms. The summed E-state index contributed by atoms with van der Waals surface area (Å²) in [7, 11) is 0. The van der Waals surface area contributed by atoms with Gasteiger partial charge in [-0.3, -0.25) is 19.4 Å². The van der Waals surface area contributed by atoms with E-state index in [4.69, 9.17) is 4.52 Å². The molecule has 0 atom stereocenters. The summed E-state index contributed by atoms with van der Waals surface area (Å²) >= 11 is 0. The topological polar surface area (TPSA) is 73.1 Å². The number of amides is 2. The van der Waals surface area contributed by atoms with Crippen molar-refractivity contribution < 1.29 is 14.1 Å². The number of rotatable bonds is 5. The van der Waals surface area contributed by atoms with E-state index in [1.165, 1.54) is 0 Å². The van der Waals surface area contributed by atoms with Gasteiger partial charge in [0, 0.05) is 70.9 Å². The van der Waals surface area contributed by atoms with E-state index in [-0.39, 0.29) is 11.8 Å². The predicted molar refractivity (Wildman–Crippen MR) is 98.8 cm³/mol. The van der Waals surface area contributed by atoms with Crippen LogP contribution in [-0.4, -0.2) is 95.5 Å². The second-order valence-electron chi connectivity index (χ2n) is 7.96. The van der Waals surface area contributed by atoms with E-state index in [1.807, 2.05) is 22.8 Å². The molecule has 0 N–H and O–H groups in total. The van der Waals surface area contributed by atoms with Crippen LogP contribution in [0.15, 0.2) is 10.6 Å². The Bertz CT molecular complexity index is 671. The molecule has 8 heteroatoms. The second kappa shape index (κ2) is 7.98. The number of aromatic nitrogens is 1. The van der Waals surface area contributed by atoms with Crippen molar-refractivity contribution in [2.24, 2.45) is 5.92 Å². The summed E-state index contributed by atoms with van der Waals surface area (Å²) in [5, 5.41) is 4.05. The monoisotopic (exact) mass is 375 g/mol. The molecule has 0 radical (unpaired) electrons. The number of hydrogen-bond acceptors (Lipinski definition) is 6. The molecular formula is C19H29N5O3. The normalized spacial score (nSPS) is 22.3. The largest absolute Gasteiger partial charge is 0.361 e. The van der Waals surface area contributed by atoms with Gasteiger partial charge in [0.15, 0.2) is 0 Å². The van der Waals surface area contributed by atoms with Crippen molar-refractivity contribution in [1.29, 1.82) is 0 Å². The molecule has 2 aliphatic heterocycles. The van der Waals surface area contributed by atoms with Crippen LogP contribution in [0.1, 0.15) is 24.3 Å². The minimum absolute atomic E-state index is 0.189. The van der Waals surface area contributed by atoms with Gasteiger partial charge in [-0.2, -0.15) is 0 Å². The molecule has 4 rings (SSSR count). The molecule has 3 fully saturated rings. The first kappa shape index (κ1) is 18.4. The van der Waals surface area contributed by atoms with E-state index in [0.29, 0.717) is 38.6 Å². The average molecular weight is 375 g/mol. The first-order chi connectivity index (χ1) is 13.1. The van der Waals surface area contributed by atoms with E-state index in [2.05, 4.69) is 15.0 Å². The number of carbonyl (C=O) groups is 2. The van der Waals surface area contributed by atoms with Gasteiger partial charge in [-0.15, -0.1) is 0 Å².